The number of hydrogen-bond donors (Lipinski definition) is 4. The Bertz CT molecular complexity index is 584. The molecule has 9 heteroatoms. The van der Waals surface area contributed by atoms with Crippen molar-refractivity contribution in [2.75, 3.05) is 24.6 Å². The van der Waals surface area contributed by atoms with Crippen molar-refractivity contribution in [3.63, 3.8) is 0 Å². The van der Waals surface area contributed by atoms with Crippen LogP contribution in [0.25, 0.3) is 0 Å². The minimum Gasteiger partial charge on any atom is -0.383 e. The van der Waals surface area contributed by atoms with E-state index in [1.54, 1.807) is 6.92 Å². The molecule has 0 bridgehead atoms. The Morgan fingerprint density at radius 2 is 2.20 bits per heavy atom. The zero-order valence-electron chi connectivity index (χ0n) is 11.6. The van der Waals surface area contributed by atoms with E-state index in [2.05, 4.69) is 20.0 Å². The van der Waals surface area contributed by atoms with Gasteiger partial charge in [0.05, 0.1) is 5.75 Å². The first-order valence-corrected chi connectivity index (χ1v) is 8.04. The number of H-pyrrole nitrogens is 1. The number of aromatic amines is 1. The molecule has 20 heavy (non-hydrogen) atoms. The molecule has 1 aromatic rings. The van der Waals surface area contributed by atoms with E-state index in [1.165, 1.54) is 6.07 Å². The lowest BCUT2D eigenvalue weighted by Crippen LogP contribution is -2.40. The average molecular weight is 303 g/mol. The molecule has 0 saturated heterocycles. The van der Waals surface area contributed by atoms with Crippen molar-refractivity contribution in [3.8, 4) is 0 Å². The van der Waals surface area contributed by atoms with E-state index < -0.39 is 10.0 Å². The average Bonchev–Trinajstić information content (AvgIpc) is 2.35. The van der Waals surface area contributed by atoms with Gasteiger partial charge in [0.2, 0.25) is 10.0 Å². The summed E-state index contributed by atoms with van der Waals surface area (Å²) in [5, 5.41) is 3.14. The first-order chi connectivity index (χ1) is 9.32. The van der Waals surface area contributed by atoms with E-state index in [9.17, 15) is 13.2 Å². The topological polar surface area (TPSA) is 130 Å². The highest BCUT2D eigenvalue weighted by Gasteiger charge is 2.09. The fraction of sp³-hybridized carbons (Fsp3) is 0.636. The van der Waals surface area contributed by atoms with Gasteiger partial charge in [-0.15, -0.1) is 0 Å². The maximum Gasteiger partial charge on any atom is 0.252 e. The van der Waals surface area contributed by atoms with E-state index in [0.717, 1.165) is 0 Å². The molecule has 0 aliphatic carbocycles. The predicted octanol–water partition coefficient (Wildman–Crippen LogP) is -1.19. The van der Waals surface area contributed by atoms with E-state index in [0.29, 0.717) is 25.3 Å². The summed E-state index contributed by atoms with van der Waals surface area (Å²) in [5.41, 5.74) is 5.19. The van der Waals surface area contributed by atoms with Crippen molar-refractivity contribution >= 4 is 15.8 Å². The molecular weight excluding hydrogens is 282 g/mol. The van der Waals surface area contributed by atoms with Crippen LogP contribution in [0.1, 0.15) is 19.7 Å². The molecule has 5 N–H and O–H groups in total. The van der Waals surface area contributed by atoms with Crippen LogP contribution < -0.4 is 21.3 Å². The summed E-state index contributed by atoms with van der Waals surface area (Å²) in [5.74, 6) is 0.755. The van der Waals surface area contributed by atoms with Gasteiger partial charge in [0.15, 0.2) is 0 Å². The maximum absolute atomic E-state index is 11.3. The fourth-order valence-electron chi connectivity index (χ4n) is 1.51. The van der Waals surface area contributed by atoms with E-state index in [-0.39, 0.29) is 23.2 Å². The molecule has 0 spiro atoms. The second-order valence-electron chi connectivity index (χ2n) is 4.47. The number of nitrogens with two attached hydrogens (primary N) is 1. The van der Waals surface area contributed by atoms with Crippen LogP contribution in [0.15, 0.2) is 10.9 Å². The zero-order chi connectivity index (χ0) is 15.2. The standard InChI is InChI=1S/C11H21N5O3S/c1-3-20(18,19)14-7-8(2)13-5-4-10-15-9(12)6-11(17)16-10/h6,8,13-14H,3-5,7H2,1-2H3,(H3,12,15,16,17). The van der Waals surface area contributed by atoms with Gasteiger partial charge in [-0.2, -0.15) is 0 Å². The number of rotatable bonds is 8. The summed E-state index contributed by atoms with van der Waals surface area (Å²) in [6.07, 6.45) is 0.505. The minimum absolute atomic E-state index is 0.0240. The largest absolute Gasteiger partial charge is 0.383 e. The summed E-state index contributed by atoms with van der Waals surface area (Å²) in [6.45, 7) is 4.33. The van der Waals surface area contributed by atoms with E-state index in [4.69, 9.17) is 5.73 Å². The van der Waals surface area contributed by atoms with Gasteiger partial charge in [0.1, 0.15) is 11.6 Å². The molecule has 1 unspecified atom stereocenters. The summed E-state index contributed by atoms with van der Waals surface area (Å²) in [4.78, 5) is 17.8. The SMILES string of the molecule is CCS(=O)(=O)NCC(C)NCCc1nc(N)cc(=O)[nH]1. The number of nitrogens with zero attached hydrogens (tertiary/aromatic N) is 1. The smallest absolute Gasteiger partial charge is 0.252 e. The highest BCUT2D eigenvalue weighted by atomic mass is 32.2. The Morgan fingerprint density at radius 3 is 2.80 bits per heavy atom. The van der Waals surface area contributed by atoms with Gasteiger partial charge in [-0.05, 0) is 13.8 Å². The highest BCUT2D eigenvalue weighted by Crippen LogP contribution is 1.93. The Morgan fingerprint density at radius 1 is 1.50 bits per heavy atom. The molecule has 0 amide bonds. The van der Waals surface area contributed by atoms with Crippen LogP contribution in [-0.2, 0) is 16.4 Å². The molecule has 1 rings (SSSR count). The lowest BCUT2D eigenvalue weighted by molar-refractivity contribution is 0.524. The summed E-state index contributed by atoms with van der Waals surface area (Å²) < 4.78 is 25.0. The second-order valence-corrected chi connectivity index (χ2v) is 6.57. The fourth-order valence-corrected chi connectivity index (χ4v) is 2.22. The first-order valence-electron chi connectivity index (χ1n) is 6.39. The van der Waals surface area contributed by atoms with Crippen LogP contribution in [0, 0.1) is 0 Å². The van der Waals surface area contributed by atoms with Crippen LogP contribution in [0.2, 0.25) is 0 Å². The molecule has 1 heterocycles. The Balaban J connectivity index is 2.35. The van der Waals surface area contributed by atoms with Crippen molar-refractivity contribution in [1.29, 1.82) is 0 Å². The number of hydrogen-bond acceptors (Lipinski definition) is 6. The van der Waals surface area contributed by atoms with Gasteiger partial charge < -0.3 is 16.0 Å². The molecule has 1 aromatic heterocycles. The van der Waals surface area contributed by atoms with Gasteiger partial charge in [-0.1, -0.05) is 0 Å². The Kier molecular flexibility index (Phi) is 6.11. The molecule has 0 aromatic carbocycles. The van der Waals surface area contributed by atoms with E-state index in [1.807, 2.05) is 6.92 Å². The number of aromatic nitrogens is 2. The monoisotopic (exact) mass is 303 g/mol. The molecule has 114 valence electrons. The van der Waals surface area contributed by atoms with Gasteiger partial charge in [0.25, 0.3) is 5.56 Å². The van der Waals surface area contributed by atoms with Crippen molar-refractivity contribution < 1.29 is 8.42 Å². The zero-order valence-corrected chi connectivity index (χ0v) is 12.5. The normalized spacial score (nSPS) is 13.3. The molecule has 0 aliphatic rings. The summed E-state index contributed by atoms with van der Waals surface area (Å²) in [6, 6.07) is 1.20. The van der Waals surface area contributed by atoms with Gasteiger partial charge in [-0.3, -0.25) is 4.79 Å². The minimum atomic E-state index is -3.17. The molecule has 1 atom stereocenters. The first kappa shape index (κ1) is 16.6. The van der Waals surface area contributed by atoms with Crippen LogP contribution in [-0.4, -0.2) is 43.3 Å². The number of nitrogen functional groups attached to an aromatic ring is 1. The van der Waals surface area contributed by atoms with Crippen molar-refractivity contribution in [2.45, 2.75) is 26.3 Å². The number of nitrogens with one attached hydrogen (secondary N) is 3. The van der Waals surface area contributed by atoms with Gasteiger partial charge in [0, 0.05) is 31.6 Å². The van der Waals surface area contributed by atoms with Crippen LogP contribution in [0.5, 0.6) is 0 Å². The third kappa shape index (κ3) is 6.13. The third-order valence-corrected chi connectivity index (χ3v) is 4.02. The van der Waals surface area contributed by atoms with Crippen LogP contribution in [0.4, 0.5) is 5.82 Å². The molecule has 0 saturated carbocycles. The molecule has 8 nitrogen and oxygen atoms in total. The van der Waals surface area contributed by atoms with Gasteiger partial charge in [-0.25, -0.2) is 18.1 Å². The molecule has 0 aliphatic heterocycles. The third-order valence-electron chi connectivity index (χ3n) is 2.65. The molecular formula is C11H21N5O3S. The van der Waals surface area contributed by atoms with Crippen LogP contribution >= 0.6 is 0 Å². The van der Waals surface area contributed by atoms with Crippen LogP contribution in [0.3, 0.4) is 0 Å². The Hall–Kier alpha value is -1.45. The maximum atomic E-state index is 11.3. The lowest BCUT2D eigenvalue weighted by atomic mass is 10.3. The molecule has 0 radical (unpaired) electrons. The van der Waals surface area contributed by atoms with Crippen molar-refractivity contribution in [3.05, 3.63) is 22.2 Å². The number of sulfonamides is 1. The predicted molar refractivity (Wildman–Crippen MR) is 77.9 cm³/mol. The highest BCUT2D eigenvalue weighted by molar-refractivity contribution is 7.89. The summed E-state index contributed by atoms with van der Waals surface area (Å²) >= 11 is 0. The lowest BCUT2D eigenvalue weighted by Gasteiger charge is -2.14. The van der Waals surface area contributed by atoms with Gasteiger partial charge >= 0.3 is 0 Å². The summed E-state index contributed by atoms with van der Waals surface area (Å²) in [7, 11) is -3.17. The van der Waals surface area contributed by atoms with Crippen molar-refractivity contribution in [1.82, 2.24) is 20.0 Å². The Labute approximate surface area is 118 Å². The second kappa shape index (κ2) is 7.36. The quantitative estimate of drug-likeness (QED) is 0.478. The molecule has 0 fully saturated rings. The van der Waals surface area contributed by atoms with Crippen molar-refractivity contribution in [2.24, 2.45) is 0 Å². The number of anilines is 1. The van der Waals surface area contributed by atoms with E-state index >= 15 is 0 Å².